The molecule has 1 saturated heterocycles. The fourth-order valence-corrected chi connectivity index (χ4v) is 7.70. The number of anilines is 1. The highest BCUT2D eigenvalue weighted by Gasteiger charge is 2.50. The van der Waals surface area contributed by atoms with E-state index < -0.39 is 63.0 Å². The Labute approximate surface area is 328 Å². The van der Waals surface area contributed by atoms with Gasteiger partial charge in [0.05, 0.1) is 19.5 Å². The summed E-state index contributed by atoms with van der Waals surface area (Å²) >= 11 is 0. The molecule has 56 heavy (non-hydrogen) atoms. The summed E-state index contributed by atoms with van der Waals surface area (Å²) < 4.78 is 58.6. The summed E-state index contributed by atoms with van der Waals surface area (Å²) in [5.74, 6) is 0.708. The molecule has 0 unspecified atom stereocenters. The third kappa shape index (κ3) is 13.3. The van der Waals surface area contributed by atoms with Crippen molar-refractivity contribution >= 4 is 36.7 Å². The summed E-state index contributed by atoms with van der Waals surface area (Å²) in [5, 5.41) is 13.9. The minimum Gasteiger partial charge on any atom is -0.465 e. The quantitative estimate of drug-likeness (QED) is 0.0267. The normalized spacial score (nSPS) is 19.7. The number of nitrogen functional groups attached to an aromatic ring is 1. The summed E-state index contributed by atoms with van der Waals surface area (Å²) in [5.41, 5.74) is 4.72. The van der Waals surface area contributed by atoms with Gasteiger partial charge in [0.1, 0.15) is 25.0 Å². The van der Waals surface area contributed by atoms with Crippen LogP contribution in [-0.4, -0.2) is 80.7 Å². The zero-order valence-electron chi connectivity index (χ0n) is 32.4. The van der Waals surface area contributed by atoms with Crippen LogP contribution in [0, 0.1) is 18.4 Å². The highest BCUT2D eigenvalue weighted by molar-refractivity contribution is 7.51. The van der Waals surface area contributed by atoms with Gasteiger partial charge in [-0.15, -0.1) is 6.42 Å². The number of nitrogens with one attached hydrogen (secondary N) is 1. The van der Waals surface area contributed by atoms with Crippen molar-refractivity contribution in [3.63, 3.8) is 0 Å². The van der Waals surface area contributed by atoms with Crippen LogP contribution in [0.25, 0.3) is 11.2 Å². The van der Waals surface area contributed by atoms with Crippen molar-refractivity contribution in [2.24, 2.45) is 0 Å². The number of hydrogen-bond donors (Lipinski definition) is 3. The average Bonchev–Trinajstić information content (AvgIpc) is 3.76. The minimum atomic E-state index is -4.65. The molecule has 308 valence electrons. The van der Waals surface area contributed by atoms with Gasteiger partial charge >= 0.3 is 25.8 Å². The Morgan fingerprint density at radius 2 is 1.68 bits per heavy atom. The molecule has 0 aliphatic carbocycles. The van der Waals surface area contributed by atoms with Crippen LogP contribution in [-0.2, 0) is 43.8 Å². The number of nitrogens with zero attached hydrogens (tertiary/aromatic N) is 4. The number of unbranched alkanes of at least 4 members (excludes halogenated alkanes) is 10. The number of aliphatic hydroxyl groups excluding tert-OH is 1. The second kappa shape index (κ2) is 22.7. The summed E-state index contributed by atoms with van der Waals surface area (Å²) in [6, 6.07) is 7.75. The molecule has 0 spiro atoms. The van der Waals surface area contributed by atoms with Crippen LogP contribution in [0.1, 0.15) is 109 Å². The number of halogens is 1. The van der Waals surface area contributed by atoms with E-state index in [1.165, 1.54) is 10.9 Å². The first kappa shape index (κ1) is 44.7. The molecule has 1 aromatic carbocycles. The largest absolute Gasteiger partial charge is 0.465 e. The van der Waals surface area contributed by atoms with E-state index in [0.717, 1.165) is 69.8 Å². The topological polar surface area (TPSA) is 199 Å². The molecule has 4 N–H and O–H groups in total. The Balaban J connectivity index is 1.51. The molecule has 15 nitrogen and oxygen atoms in total. The van der Waals surface area contributed by atoms with E-state index in [1.807, 2.05) is 6.07 Å². The zero-order chi connectivity index (χ0) is 40.4. The Morgan fingerprint density at radius 1 is 1.04 bits per heavy atom. The number of fused-ring (bicyclic) bond motifs is 1. The maximum Gasteiger partial charge on any atom is 0.406 e. The van der Waals surface area contributed by atoms with E-state index in [2.05, 4.69) is 39.8 Å². The second-order valence-corrected chi connectivity index (χ2v) is 15.7. The molecule has 1 aliphatic heterocycles. The molecule has 1 aliphatic rings. The van der Waals surface area contributed by atoms with Gasteiger partial charge in [0.2, 0.25) is 0 Å². The van der Waals surface area contributed by atoms with Crippen LogP contribution in [0.3, 0.4) is 0 Å². The first-order valence-electron chi connectivity index (χ1n) is 19.5. The number of aromatic nitrogens is 4. The SMILES string of the molecule is C#C[C@]1(CO[P@@](=O)(N[C@@H](Cc2ccccc2)C(=O)OCCCCCCCC)OCC(=O)OCCCCCCCC)O[C@@H](n2cnc3c(N)nc(F)nc32)C[C@@H]1O. The number of terminal acetylenes is 1. The van der Waals surface area contributed by atoms with Crippen molar-refractivity contribution in [3.8, 4) is 12.3 Å². The van der Waals surface area contributed by atoms with Gasteiger partial charge in [0.25, 0.3) is 0 Å². The number of carbonyl (C=O) groups excluding carboxylic acids is 2. The first-order chi connectivity index (χ1) is 27.0. The highest BCUT2D eigenvalue weighted by atomic mass is 31.2. The maximum absolute atomic E-state index is 14.6. The molecule has 17 heteroatoms. The van der Waals surface area contributed by atoms with Gasteiger partial charge < -0.3 is 25.1 Å². The number of ether oxygens (including phenoxy) is 3. The number of esters is 2. The lowest BCUT2D eigenvalue weighted by Crippen LogP contribution is -2.44. The van der Waals surface area contributed by atoms with Gasteiger partial charge in [0.15, 0.2) is 29.2 Å². The van der Waals surface area contributed by atoms with E-state index in [0.29, 0.717) is 12.8 Å². The van der Waals surface area contributed by atoms with Gasteiger partial charge in [-0.05, 0) is 24.8 Å². The second-order valence-electron chi connectivity index (χ2n) is 13.9. The summed E-state index contributed by atoms with van der Waals surface area (Å²) in [6.45, 7) is 3.07. The smallest absolute Gasteiger partial charge is 0.406 e. The summed E-state index contributed by atoms with van der Waals surface area (Å²) in [6.07, 6.45) is 15.4. The predicted molar refractivity (Wildman–Crippen MR) is 207 cm³/mol. The molecule has 0 bridgehead atoms. The number of benzene rings is 1. The molecule has 3 aromatic rings. The summed E-state index contributed by atoms with van der Waals surface area (Å²) in [7, 11) is -4.65. The number of carbonyl (C=O) groups is 2. The van der Waals surface area contributed by atoms with Crippen LogP contribution in [0.15, 0.2) is 36.7 Å². The van der Waals surface area contributed by atoms with Crippen LogP contribution >= 0.6 is 7.75 Å². The lowest BCUT2D eigenvalue weighted by Gasteiger charge is -2.30. The van der Waals surface area contributed by atoms with Gasteiger partial charge in [0, 0.05) is 6.42 Å². The van der Waals surface area contributed by atoms with Crippen LogP contribution < -0.4 is 10.8 Å². The Bertz CT molecular complexity index is 1780. The Kier molecular flexibility index (Phi) is 18.1. The Morgan fingerprint density at radius 3 is 2.34 bits per heavy atom. The van der Waals surface area contributed by atoms with Gasteiger partial charge in [-0.3, -0.25) is 18.4 Å². The fraction of sp³-hybridized carbons (Fsp3) is 0.615. The van der Waals surface area contributed by atoms with Gasteiger partial charge in [-0.1, -0.05) is 114 Å². The van der Waals surface area contributed by atoms with Crippen molar-refractivity contribution in [1.82, 2.24) is 24.6 Å². The van der Waals surface area contributed by atoms with E-state index in [1.54, 1.807) is 24.3 Å². The maximum atomic E-state index is 14.6. The van der Waals surface area contributed by atoms with E-state index in [-0.39, 0.29) is 43.0 Å². The number of hydrogen-bond acceptors (Lipinski definition) is 13. The van der Waals surface area contributed by atoms with Crippen molar-refractivity contribution in [3.05, 3.63) is 48.3 Å². The molecular weight excluding hydrogens is 746 g/mol. The van der Waals surface area contributed by atoms with Crippen molar-refractivity contribution in [2.75, 3.05) is 32.2 Å². The predicted octanol–water partition coefficient (Wildman–Crippen LogP) is 6.35. The lowest BCUT2D eigenvalue weighted by molar-refractivity contribution is -0.146. The van der Waals surface area contributed by atoms with E-state index >= 15 is 0 Å². The molecule has 1 fully saturated rings. The molecule has 2 aromatic heterocycles. The van der Waals surface area contributed by atoms with Crippen molar-refractivity contribution in [1.29, 1.82) is 0 Å². The average molecular weight is 803 g/mol. The third-order valence-corrected chi connectivity index (χ3v) is 11.0. The fourth-order valence-electron chi connectivity index (χ4n) is 6.26. The monoisotopic (exact) mass is 802 g/mol. The first-order valence-corrected chi connectivity index (χ1v) is 21.1. The standard InChI is InChI=1S/C39H56FN6O9P/c1-4-7-9-11-13-18-22-51-33(48)26-53-56(50,45-30(24-29-20-16-15-17-21-29)37(49)52-23-19-14-12-10-8-5-2)54-27-39(6-3)31(47)25-32(55-39)46-28-42-34-35(41)43-38(40)44-36(34)46/h3,15-17,20-21,28,30-32,47H,4-5,7-14,18-19,22-27H2,1-2H3,(H,45,50)(H2,41,43,44)/t30-,31-,32+,39+,56+/m0/s1. The highest BCUT2D eigenvalue weighted by Crippen LogP contribution is 2.48. The minimum absolute atomic E-state index is 0.000640. The van der Waals surface area contributed by atoms with Gasteiger partial charge in [-0.2, -0.15) is 14.4 Å². The van der Waals surface area contributed by atoms with E-state index in [4.69, 9.17) is 35.4 Å². The number of nitrogens with two attached hydrogens (primary N) is 1. The van der Waals surface area contributed by atoms with Crippen LogP contribution in [0.2, 0.25) is 0 Å². The third-order valence-electron chi connectivity index (χ3n) is 9.47. The molecular formula is C39H56FN6O9P. The number of rotatable bonds is 26. The number of aliphatic hydroxyl groups is 1. The molecule has 4 rings (SSSR count). The zero-order valence-corrected chi connectivity index (χ0v) is 33.3. The van der Waals surface area contributed by atoms with E-state index in [9.17, 15) is 23.7 Å². The van der Waals surface area contributed by atoms with Gasteiger partial charge in [-0.25, -0.2) is 19.4 Å². The molecule has 0 amide bonds. The Hall–Kier alpha value is -3.97. The molecule has 3 heterocycles. The lowest BCUT2D eigenvalue weighted by atomic mass is 9.99. The van der Waals surface area contributed by atoms with Crippen molar-refractivity contribution < 1.29 is 46.9 Å². The van der Waals surface area contributed by atoms with Crippen LogP contribution in [0.4, 0.5) is 10.2 Å². The molecule has 0 saturated carbocycles. The van der Waals surface area contributed by atoms with Crippen molar-refractivity contribution in [2.45, 2.75) is 128 Å². The molecule has 0 radical (unpaired) electrons. The van der Waals surface area contributed by atoms with Crippen LogP contribution in [0.5, 0.6) is 0 Å². The molecule has 5 atom stereocenters. The number of imidazole rings is 1. The summed E-state index contributed by atoms with van der Waals surface area (Å²) in [4.78, 5) is 37.7.